The molecule has 1 N–H and O–H groups in total. The van der Waals surface area contributed by atoms with Crippen LogP contribution in [0.1, 0.15) is 36.8 Å². The minimum atomic E-state index is -4.23. The summed E-state index contributed by atoms with van der Waals surface area (Å²) in [5, 5.41) is 3.42. The maximum Gasteiger partial charge on any atom is 0.411 e. The summed E-state index contributed by atoms with van der Waals surface area (Å²) in [7, 11) is 0. The maximum atomic E-state index is 12.2. The normalized spacial score (nSPS) is 23.2. The third kappa shape index (κ3) is 6.06. The number of halogens is 3. The van der Waals surface area contributed by atoms with Gasteiger partial charge in [0.25, 0.3) is 0 Å². The van der Waals surface area contributed by atoms with Crippen molar-refractivity contribution < 1.29 is 17.9 Å². The Kier molecular flexibility index (Phi) is 5.65. The molecule has 0 aromatic heterocycles. The lowest BCUT2D eigenvalue weighted by Gasteiger charge is -2.30. The summed E-state index contributed by atoms with van der Waals surface area (Å²) in [6, 6.07) is 8.50. The number of nitrogens with one attached hydrogen (secondary N) is 1. The monoisotopic (exact) mass is 301 g/mol. The van der Waals surface area contributed by atoms with Crippen molar-refractivity contribution >= 4 is 0 Å². The molecule has 0 heterocycles. The first-order valence-corrected chi connectivity index (χ1v) is 7.40. The van der Waals surface area contributed by atoms with Gasteiger partial charge in [0.2, 0.25) is 0 Å². The number of hydrogen-bond acceptors (Lipinski definition) is 2. The van der Waals surface area contributed by atoms with Gasteiger partial charge in [-0.25, -0.2) is 0 Å². The fraction of sp³-hybridized carbons (Fsp3) is 0.625. The summed E-state index contributed by atoms with van der Waals surface area (Å²) in [6.45, 7) is 1.65. The fourth-order valence-electron chi connectivity index (χ4n) is 2.66. The summed E-state index contributed by atoms with van der Waals surface area (Å²) in [6.07, 6.45) is -1.23. The lowest BCUT2D eigenvalue weighted by Crippen LogP contribution is -2.37. The maximum absolute atomic E-state index is 12.2. The van der Waals surface area contributed by atoms with E-state index in [0.717, 1.165) is 25.8 Å². The second-order valence-electron chi connectivity index (χ2n) is 5.78. The minimum absolute atomic E-state index is 0.235. The van der Waals surface area contributed by atoms with Gasteiger partial charge in [0.1, 0.15) is 6.61 Å². The van der Waals surface area contributed by atoms with Gasteiger partial charge in [0.15, 0.2) is 0 Å². The molecule has 1 saturated carbocycles. The Morgan fingerprint density at radius 2 is 1.90 bits per heavy atom. The number of hydrogen-bond donors (Lipinski definition) is 1. The van der Waals surface area contributed by atoms with E-state index >= 15 is 0 Å². The topological polar surface area (TPSA) is 21.3 Å². The summed E-state index contributed by atoms with van der Waals surface area (Å²) < 4.78 is 41.5. The van der Waals surface area contributed by atoms with Gasteiger partial charge in [0.05, 0.1) is 6.10 Å². The highest BCUT2D eigenvalue weighted by Gasteiger charge is 2.31. The van der Waals surface area contributed by atoms with E-state index in [9.17, 15) is 13.2 Å². The summed E-state index contributed by atoms with van der Waals surface area (Å²) >= 11 is 0. The molecule has 0 bridgehead atoms. The predicted octanol–water partition coefficient (Wildman–Crippen LogP) is 3.97. The first-order chi connectivity index (χ1) is 9.92. The lowest BCUT2D eigenvalue weighted by atomic mass is 9.92. The Morgan fingerprint density at radius 1 is 1.19 bits per heavy atom. The molecule has 1 aliphatic rings. The molecule has 5 heteroatoms. The Balaban J connectivity index is 1.74. The van der Waals surface area contributed by atoms with Crippen LogP contribution >= 0.6 is 0 Å². The van der Waals surface area contributed by atoms with Crippen LogP contribution in [0.5, 0.6) is 0 Å². The summed E-state index contributed by atoms with van der Waals surface area (Å²) in [5.41, 5.74) is 2.41. The first kappa shape index (κ1) is 16.3. The zero-order chi connectivity index (χ0) is 15.3. The molecule has 0 aliphatic heterocycles. The van der Waals surface area contributed by atoms with E-state index in [-0.39, 0.29) is 12.1 Å². The van der Waals surface area contributed by atoms with E-state index < -0.39 is 12.8 Å². The SMILES string of the molecule is Cc1ccc(CNC2CCCC(OCC(F)(F)F)C2)cc1. The third-order valence-electron chi connectivity index (χ3n) is 3.82. The summed E-state index contributed by atoms with van der Waals surface area (Å²) in [4.78, 5) is 0. The minimum Gasteiger partial charge on any atom is -0.369 e. The molecule has 2 nitrogen and oxygen atoms in total. The number of rotatable bonds is 5. The first-order valence-electron chi connectivity index (χ1n) is 7.40. The number of aryl methyl sites for hydroxylation is 1. The quantitative estimate of drug-likeness (QED) is 0.888. The van der Waals surface area contributed by atoms with Crippen LogP contribution in [-0.2, 0) is 11.3 Å². The average Bonchev–Trinajstić information content (AvgIpc) is 2.44. The largest absolute Gasteiger partial charge is 0.411 e. The number of ether oxygens (including phenoxy) is 1. The van der Waals surface area contributed by atoms with Crippen molar-refractivity contribution in [2.24, 2.45) is 0 Å². The van der Waals surface area contributed by atoms with E-state index in [2.05, 4.69) is 29.6 Å². The average molecular weight is 301 g/mol. The molecule has 21 heavy (non-hydrogen) atoms. The van der Waals surface area contributed by atoms with Crippen molar-refractivity contribution in [3.8, 4) is 0 Å². The van der Waals surface area contributed by atoms with Crippen LogP contribution in [0.15, 0.2) is 24.3 Å². The van der Waals surface area contributed by atoms with E-state index in [1.54, 1.807) is 0 Å². The highest BCUT2D eigenvalue weighted by molar-refractivity contribution is 5.21. The van der Waals surface area contributed by atoms with E-state index in [1.807, 2.05) is 6.92 Å². The van der Waals surface area contributed by atoms with Crippen LogP contribution in [0, 0.1) is 6.92 Å². The van der Waals surface area contributed by atoms with Crippen LogP contribution < -0.4 is 5.32 Å². The Morgan fingerprint density at radius 3 is 2.57 bits per heavy atom. The highest BCUT2D eigenvalue weighted by atomic mass is 19.4. The molecule has 2 atom stereocenters. The van der Waals surface area contributed by atoms with Gasteiger partial charge in [-0.3, -0.25) is 0 Å². The molecule has 1 aliphatic carbocycles. The second kappa shape index (κ2) is 7.27. The molecule has 2 unspecified atom stereocenters. The Bertz CT molecular complexity index is 430. The third-order valence-corrected chi connectivity index (χ3v) is 3.82. The molecular formula is C16H22F3NO. The number of alkyl halides is 3. The van der Waals surface area contributed by atoms with Gasteiger partial charge in [-0.1, -0.05) is 29.8 Å². The van der Waals surface area contributed by atoms with Crippen LogP contribution in [0.4, 0.5) is 13.2 Å². The zero-order valence-electron chi connectivity index (χ0n) is 12.2. The molecule has 0 radical (unpaired) electrons. The fourth-order valence-corrected chi connectivity index (χ4v) is 2.66. The van der Waals surface area contributed by atoms with Gasteiger partial charge >= 0.3 is 6.18 Å². The Hall–Kier alpha value is -1.07. The van der Waals surface area contributed by atoms with E-state index in [4.69, 9.17) is 4.74 Å². The van der Waals surface area contributed by atoms with Gasteiger partial charge in [0, 0.05) is 12.6 Å². The van der Waals surface area contributed by atoms with E-state index in [0.29, 0.717) is 6.42 Å². The Labute approximate surface area is 123 Å². The molecular weight excluding hydrogens is 279 g/mol. The van der Waals surface area contributed by atoms with Crippen molar-refractivity contribution in [3.63, 3.8) is 0 Å². The smallest absolute Gasteiger partial charge is 0.369 e. The van der Waals surface area contributed by atoms with Crippen molar-refractivity contribution in [2.45, 2.75) is 57.5 Å². The van der Waals surface area contributed by atoms with Crippen molar-refractivity contribution in [1.82, 2.24) is 5.32 Å². The van der Waals surface area contributed by atoms with Crippen LogP contribution in [-0.4, -0.2) is 24.9 Å². The highest BCUT2D eigenvalue weighted by Crippen LogP contribution is 2.24. The van der Waals surface area contributed by atoms with Crippen molar-refractivity contribution in [1.29, 1.82) is 0 Å². The van der Waals surface area contributed by atoms with Crippen molar-refractivity contribution in [3.05, 3.63) is 35.4 Å². The van der Waals surface area contributed by atoms with Crippen LogP contribution in [0.3, 0.4) is 0 Å². The van der Waals surface area contributed by atoms with Gasteiger partial charge < -0.3 is 10.1 Å². The number of benzene rings is 1. The molecule has 0 spiro atoms. The molecule has 2 rings (SSSR count). The van der Waals surface area contributed by atoms with E-state index in [1.165, 1.54) is 11.1 Å². The summed E-state index contributed by atoms with van der Waals surface area (Å²) in [5.74, 6) is 0. The zero-order valence-corrected chi connectivity index (χ0v) is 12.2. The second-order valence-corrected chi connectivity index (χ2v) is 5.78. The standard InChI is InChI=1S/C16H22F3NO/c1-12-5-7-13(8-6-12)10-20-14-3-2-4-15(9-14)21-11-16(17,18)19/h5-8,14-15,20H,2-4,9-11H2,1H3. The van der Waals surface area contributed by atoms with Crippen LogP contribution in [0.2, 0.25) is 0 Å². The molecule has 1 fully saturated rings. The molecule has 1 aromatic carbocycles. The predicted molar refractivity (Wildman–Crippen MR) is 76.1 cm³/mol. The molecule has 0 saturated heterocycles. The lowest BCUT2D eigenvalue weighted by molar-refractivity contribution is -0.188. The van der Waals surface area contributed by atoms with Gasteiger partial charge in [-0.15, -0.1) is 0 Å². The molecule has 118 valence electrons. The van der Waals surface area contributed by atoms with Gasteiger partial charge in [-0.05, 0) is 38.2 Å². The van der Waals surface area contributed by atoms with Gasteiger partial charge in [-0.2, -0.15) is 13.2 Å². The molecule has 0 amide bonds. The van der Waals surface area contributed by atoms with Crippen LogP contribution in [0.25, 0.3) is 0 Å². The molecule has 1 aromatic rings. The van der Waals surface area contributed by atoms with Crippen molar-refractivity contribution in [2.75, 3.05) is 6.61 Å².